The number of rotatable bonds is 5. The summed E-state index contributed by atoms with van der Waals surface area (Å²) < 4.78 is 5.94. The van der Waals surface area contributed by atoms with E-state index in [1.54, 1.807) is 0 Å². The highest BCUT2D eigenvalue weighted by atomic mass is 16.5. The van der Waals surface area contributed by atoms with E-state index < -0.39 is 0 Å². The monoisotopic (exact) mass is 254 g/mol. The molecule has 0 atom stereocenters. The fraction of sp³-hybridized carbons (Fsp3) is 0.929. The number of carbonyl (C=O) groups excluding carboxylic acids is 1. The molecular weight excluding hydrogens is 228 g/mol. The summed E-state index contributed by atoms with van der Waals surface area (Å²) in [4.78, 5) is 13.8. The van der Waals surface area contributed by atoms with Crippen molar-refractivity contribution < 1.29 is 9.53 Å². The molecule has 0 aromatic carbocycles. The zero-order valence-corrected chi connectivity index (χ0v) is 11.5. The molecule has 0 aromatic heterocycles. The maximum atomic E-state index is 12.0. The summed E-state index contributed by atoms with van der Waals surface area (Å²) in [5, 5.41) is 0. The fourth-order valence-corrected chi connectivity index (χ4v) is 2.76. The van der Waals surface area contributed by atoms with Crippen LogP contribution in [0.4, 0.5) is 0 Å². The minimum absolute atomic E-state index is 0.106. The van der Waals surface area contributed by atoms with Crippen LogP contribution < -0.4 is 5.73 Å². The van der Waals surface area contributed by atoms with Gasteiger partial charge in [0, 0.05) is 19.6 Å². The van der Waals surface area contributed by atoms with Crippen LogP contribution in [-0.4, -0.2) is 42.6 Å². The lowest BCUT2D eigenvalue weighted by molar-refractivity contribution is -0.143. The predicted molar refractivity (Wildman–Crippen MR) is 71.2 cm³/mol. The maximum absolute atomic E-state index is 12.0. The van der Waals surface area contributed by atoms with Crippen LogP contribution in [0.3, 0.4) is 0 Å². The first kappa shape index (κ1) is 13.8. The van der Waals surface area contributed by atoms with E-state index in [1.165, 1.54) is 25.7 Å². The normalized spacial score (nSPS) is 23.4. The number of likely N-dealkylation sites (N-methyl/N-ethyl adjacent to an activating group) is 1. The molecule has 2 aliphatic rings. The van der Waals surface area contributed by atoms with Gasteiger partial charge in [-0.25, -0.2) is 0 Å². The topological polar surface area (TPSA) is 55.6 Å². The van der Waals surface area contributed by atoms with Gasteiger partial charge >= 0.3 is 0 Å². The van der Waals surface area contributed by atoms with E-state index in [2.05, 4.69) is 0 Å². The Hall–Kier alpha value is -0.610. The fourth-order valence-electron chi connectivity index (χ4n) is 2.76. The minimum Gasteiger partial charge on any atom is -0.364 e. The van der Waals surface area contributed by atoms with Gasteiger partial charge < -0.3 is 15.4 Å². The minimum atomic E-state index is -0.240. The molecule has 1 amide bonds. The zero-order chi connectivity index (χ0) is 13.0. The van der Waals surface area contributed by atoms with Gasteiger partial charge in [-0.15, -0.1) is 0 Å². The molecule has 18 heavy (non-hydrogen) atoms. The second-order valence-corrected chi connectivity index (χ2v) is 5.83. The number of amides is 1. The van der Waals surface area contributed by atoms with Crippen molar-refractivity contribution >= 4 is 5.91 Å². The Labute approximate surface area is 110 Å². The molecule has 2 N–H and O–H groups in total. The smallest absolute Gasteiger partial charge is 0.248 e. The van der Waals surface area contributed by atoms with E-state index in [-0.39, 0.29) is 18.1 Å². The number of hydrogen-bond donors (Lipinski definition) is 1. The number of ether oxygens (including phenoxy) is 1. The molecule has 0 aliphatic heterocycles. The first-order valence-electron chi connectivity index (χ1n) is 7.26. The maximum Gasteiger partial charge on any atom is 0.248 e. The standard InChI is InChI=1S/C14H26N2O2/c1-16(12-6-7-12)13(17)10-18-14(11-15)8-4-2-3-5-9-14/h12H,2-11,15H2,1H3. The Kier molecular flexibility index (Phi) is 4.62. The van der Waals surface area contributed by atoms with E-state index in [1.807, 2.05) is 11.9 Å². The van der Waals surface area contributed by atoms with E-state index in [9.17, 15) is 4.79 Å². The Balaban J connectivity index is 1.83. The van der Waals surface area contributed by atoms with E-state index in [4.69, 9.17) is 10.5 Å². The molecule has 0 aromatic rings. The number of hydrogen-bond acceptors (Lipinski definition) is 3. The Morgan fingerprint density at radius 2 is 1.89 bits per heavy atom. The molecule has 0 unspecified atom stereocenters. The van der Waals surface area contributed by atoms with Gasteiger partial charge in [0.2, 0.25) is 5.91 Å². The number of nitrogens with two attached hydrogens (primary N) is 1. The predicted octanol–water partition coefficient (Wildman–Crippen LogP) is 1.68. The van der Waals surface area contributed by atoms with E-state index in [0.717, 1.165) is 25.7 Å². The molecule has 2 fully saturated rings. The SMILES string of the molecule is CN(C(=O)COC1(CN)CCCCCC1)C1CC1. The highest BCUT2D eigenvalue weighted by Gasteiger charge is 2.33. The van der Waals surface area contributed by atoms with Gasteiger partial charge in [-0.3, -0.25) is 4.79 Å². The largest absolute Gasteiger partial charge is 0.364 e. The van der Waals surface area contributed by atoms with Gasteiger partial charge in [0.05, 0.1) is 5.60 Å². The van der Waals surface area contributed by atoms with Gasteiger partial charge in [-0.05, 0) is 25.7 Å². The molecule has 0 saturated heterocycles. The first-order chi connectivity index (χ1) is 8.67. The second-order valence-electron chi connectivity index (χ2n) is 5.83. The molecule has 104 valence electrons. The van der Waals surface area contributed by atoms with Crippen LogP contribution in [0, 0.1) is 0 Å². The molecular formula is C14H26N2O2. The van der Waals surface area contributed by atoms with Crippen LogP contribution in [0.2, 0.25) is 0 Å². The van der Waals surface area contributed by atoms with Gasteiger partial charge in [0.25, 0.3) is 0 Å². The van der Waals surface area contributed by atoms with Crippen LogP contribution in [0.5, 0.6) is 0 Å². The van der Waals surface area contributed by atoms with Crippen LogP contribution in [-0.2, 0) is 9.53 Å². The third-order valence-corrected chi connectivity index (χ3v) is 4.38. The van der Waals surface area contributed by atoms with Crippen molar-refractivity contribution in [2.24, 2.45) is 5.73 Å². The van der Waals surface area contributed by atoms with Crippen LogP contribution in [0.1, 0.15) is 51.4 Å². The van der Waals surface area contributed by atoms with E-state index >= 15 is 0 Å². The molecule has 2 rings (SSSR count). The third kappa shape index (κ3) is 3.45. The highest BCUT2D eigenvalue weighted by Crippen LogP contribution is 2.30. The molecule has 2 aliphatic carbocycles. The van der Waals surface area contributed by atoms with Crippen LogP contribution >= 0.6 is 0 Å². The zero-order valence-electron chi connectivity index (χ0n) is 11.5. The summed E-state index contributed by atoms with van der Waals surface area (Å²) in [6.45, 7) is 0.734. The summed E-state index contributed by atoms with van der Waals surface area (Å²) in [5.74, 6) is 0.106. The van der Waals surface area contributed by atoms with Crippen molar-refractivity contribution in [1.29, 1.82) is 0 Å². The second kappa shape index (κ2) is 6.02. The average molecular weight is 254 g/mol. The number of nitrogens with zero attached hydrogens (tertiary/aromatic N) is 1. The van der Waals surface area contributed by atoms with Crippen LogP contribution in [0.25, 0.3) is 0 Å². The lowest BCUT2D eigenvalue weighted by Gasteiger charge is -2.32. The summed E-state index contributed by atoms with van der Waals surface area (Å²) >= 11 is 0. The summed E-state index contributed by atoms with van der Waals surface area (Å²) in [5.41, 5.74) is 5.65. The number of carbonyl (C=O) groups is 1. The van der Waals surface area contributed by atoms with Gasteiger partial charge in [-0.1, -0.05) is 25.7 Å². The molecule has 0 spiro atoms. The van der Waals surface area contributed by atoms with E-state index in [0.29, 0.717) is 12.6 Å². The molecule has 0 heterocycles. The summed E-state index contributed by atoms with van der Waals surface area (Å²) in [7, 11) is 1.88. The van der Waals surface area contributed by atoms with Crippen molar-refractivity contribution in [2.45, 2.75) is 63.0 Å². The quantitative estimate of drug-likeness (QED) is 0.759. The van der Waals surface area contributed by atoms with Gasteiger partial charge in [0.1, 0.15) is 6.61 Å². The molecule has 0 bridgehead atoms. The third-order valence-electron chi connectivity index (χ3n) is 4.38. The van der Waals surface area contributed by atoms with Crippen molar-refractivity contribution in [2.75, 3.05) is 20.2 Å². The average Bonchev–Trinajstić information content (AvgIpc) is 3.22. The van der Waals surface area contributed by atoms with Crippen molar-refractivity contribution in [1.82, 2.24) is 4.90 Å². The molecule has 4 heteroatoms. The van der Waals surface area contributed by atoms with Crippen LogP contribution in [0.15, 0.2) is 0 Å². The Bertz CT molecular complexity index is 282. The molecule has 2 saturated carbocycles. The van der Waals surface area contributed by atoms with Crippen molar-refractivity contribution in [3.05, 3.63) is 0 Å². The Morgan fingerprint density at radius 1 is 1.28 bits per heavy atom. The van der Waals surface area contributed by atoms with Gasteiger partial charge in [0.15, 0.2) is 0 Å². The Morgan fingerprint density at radius 3 is 2.39 bits per heavy atom. The summed E-state index contributed by atoms with van der Waals surface area (Å²) in [6, 6.07) is 0.462. The first-order valence-corrected chi connectivity index (χ1v) is 7.26. The summed E-state index contributed by atoms with van der Waals surface area (Å²) in [6.07, 6.45) is 9.16. The lowest BCUT2D eigenvalue weighted by atomic mass is 9.94. The molecule has 4 nitrogen and oxygen atoms in total. The van der Waals surface area contributed by atoms with Crippen molar-refractivity contribution in [3.63, 3.8) is 0 Å². The van der Waals surface area contributed by atoms with Crippen molar-refractivity contribution in [3.8, 4) is 0 Å². The molecule has 0 radical (unpaired) electrons. The van der Waals surface area contributed by atoms with Gasteiger partial charge in [-0.2, -0.15) is 0 Å². The highest BCUT2D eigenvalue weighted by molar-refractivity contribution is 5.77. The lowest BCUT2D eigenvalue weighted by Crippen LogP contribution is -2.43.